The molecule has 0 bridgehead atoms. The van der Waals surface area contributed by atoms with E-state index in [0.29, 0.717) is 42.6 Å². The topological polar surface area (TPSA) is 105 Å². The lowest BCUT2D eigenvalue weighted by molar-refractivity contribution is 0.0195. The van der Waals surface area contributed by atoms with Gasteiger partial charge in [0.25, 0.3) is 0 Å². The summed E-state index contributed by atoms with van der Waals surface area (Å²) in [4.78, 5) is 14.0. The van der Waals surface area contributed by atoms with Crippen molar-refractivity contribution in [3.63, 3.8) is 0 Å². The van der Waals surface area contributed by atoms with Gasteiger partial charge in [-0.1, -0.05) is 5.92 Å². The highest BCUT2D eigenvalue weighted by Gasteiger charge is 2.27. The molecule has 0 N–H and O–H groups in total. The van der Waals surface area contributed by atoms with Crippen LogP contribution in [0.4, 0.5) is 4.79 Å². The second-order valence-corrected chi connectivity index (χ2v) is 9.29. The van der Waals surface area contributed by atoms with E-state index in [-0.39, 0.29) is 6.09 Å². The molecule has 4 aromatic rings. The van der Waals surface area contributed by atoms with Crippen LogP contribution in [0.3, 0.4) is 0 Å². The molecule has 0 saturated carbocycles. The molecule has 0 fully saturated rings. The summed E-state index contributed by atoms with van der Waals surface area (Å²) in [6.45, 7) is 6.90. The van der Waals surface area contributed by atoms with Crippen LogP contribution in [0.25, 0.3) is 16.6 Å². The van der Waals surface area contributed by atoms with E-state index in [9.17, 15) is 4.79 Å². The third-order valence-corrected chi connectivity index (χ3v) is 5.55. The lowest BCUT2D eigenvalue weighted by Crippen LogP contribution is -2.41. The van der Waals surface area contributed by atoms with Crippen LogP contribution < -0.4 is 4.74 Å². The van der Waals surface area contributed by atoms with Crippen molar-refractivity contribution >= 4 is 11.6 Å². The minimum atomic E-state index is -0.549. The predicted octanol–water partition coefficient (Wildman–Crippen LogP) is 2.49. The molecule has 0 atom stereocenters. The number of rotatable bonds is 2. The Morgan fingerprint density at radius 2 is 1.89 bits per heavy atom. The number of carbonyl (C=O) groups is 1. The maximum Gasteiger partial charge on any atom is 0.410 e. The van der Waals surface area contributed by atoms with Crippen molar-refractivity contribution in [3.8, 4) is 28.7 Å². The number of amides is 1. The zero-order valence-electron chi connectivity index (χ0n) is 20.3. The van der Waals surface area contributed by atoms with Gasteiger partial charge >= 0.3 is 6.09 Å². The molecule has 0 aromatic carbocycles. The quantitative estimate of drug-likeness (QED) is 0.411. The van der Waals surface area contributed by atoms with E-state index in [1.807, 2.05) is 50.8 Å². The van der Waals surface area contributed by atoms with E-state index in [4.69, 9.17) is 9.47 Å². The van der Waals surface area contributed by atoms with Gasteiger partial charge in [-0.2, -0.15) is 10.2 Å². The van der Waals surface area contributed by atoms with E-state index >= 15 is 0 Å². The normalized spacial score (nSPS) is 13.3. The van der Waals surface area contributed by atoms with Crippen LogP contribution in [0.2, 0.25) is 0 Å². The van der Waals surface area contributed by atoms with Crippen molar-refractivity contribution in [1.82, 2.24) is 39.1 Å². The molecule has 0 aliphatic carbocycles. The van der Waals surface area contributed by atoms with E-state index in [1.54, 1.807) is 33.6 Å². The first-order chi connectivity index (χ1) is 16.7. The molecule has 4 aromatic heterocycles. The summed E-state index contributed by atoms with van der Waals surface area (Å²) in [5.41, 5.74) is 2.83. The minimum Gasteiger partial charge on any atom is -0.494 e. The first-order valence-electron chi connectivity index (χ1n) is 11.2. The van der Waals surface area contributed by atoms with Gasteiger partial charge in [0.05, 0.1) is 31.6 Å². The highest BCUT2D eigenvalue weighted by atomic mass is 16.6. The van der Waals surface area contributed by atoms with Crippen molar-refractivity contribution < 1.29 is 14.3 Å². The molecule has 0 radical (unpaired) electrons. The predicted molar refractivity (Wildman–Crippen MR) is 127 cm³/mol. The standard InChI is InChI=1S/C24H26N8O3/c1-24(2,3)35-23(33)30-8-9-31-20(27-28-21(31)15-30)7-6-16-11-26-32-14-17(10-19(34-5)22(16)32)18-12-25-29(4)13-18/h10-14H,8-9,15H2,1-5H3. The molecule has 0 saturated heterocycles. The van der Waals surface area contributed by atoms with Crippen LogP contribution in [0, 0.1) is 11.8 Å². The Hall–Kier alpha value is -4.33. The van der Waals surface area contributed by atoms with Gasteiger partial charge in [-0.25, -0.2) is 9.31 Å². The van der Waals surface area contributed by atoms with Gasteiger partial charge in [-0.05, 0) is 32.8 Å². The van der Waals surface area contributed by atoms with Crippen molar-refractivity contribution in [2.75, 3.05) is 13.7 Å². The van der Waals surface area contributed by atoms with E-state index in [2.05, 4.69) is 32.2 Å². The van der Waals surface area contributed by atoms with Crippen molar-refractivity contribution in [2.45, 2.75) is 39.5 Å². The number of carbonyl (C=O) groups excluding carboxylic acids is 1. The van der Waals surface area contributed by atoms with Gasteiger partial charge in [-0.3, -0.25) is 9.58 Å². The molecule has 1 aliphatic rings. The number of pyridine rings is 1. The number of methoxy groups -OCH3 is 1. The van der Waals surface area contributed by atoms with Gasteiger partial charge in [0.2, 0.25) is 5.82 Å². The Labute approximate surface area is 202 Å². The van der Waals surface area contributed by atoms with E-state index in [0.717, 1.165) is 16.6 Å². The number of ether oxygens (including phenoxy) is 2. The molecule has 35 heavy (non-hydrogen) atoms. The number of aryl methyl sites for hydroxylation is 1. The summed E-state index contributed by atoms with van der Waals surface area (Å²) in [6.07, 6.45) is 7.00. The molecule has 0 unspecified atom stereocenters. The molecule has 5 heterocycles. The highest BCUT2D eigenvalue weighted by molar-refractivity contribution is 5.75. The molecule has 180 valence electrons. The monoisotopic (exact) mass is 474 g/mol. The lowest BCUT2D eigenvalue weighted by atomic mass is 10.1. The summed E-state index contributed by atoms with van der Waals surface area (Å²) in [5, 5.41) is 17.2. The number of hydrogen-bond donors (Lipinski definition) is 0. The zero-order chi connectivity index (χ0) is 24.7. The molecular formula is C24H26N8O3. The van der Waals surface area contributed by atoms with E-state index in [1.165, 1.54) is 0 Å². The largest absolute Gasteiger partial charge is 0.494 e. The third kappa shape index (κ3) is 4.42. The van der Waals surface area contributed by atoms with Crippen LogP contribution in [0.1, 0.15) is 38.0 Å². The maximum atomic E-state index is 12.4. The Balaban J connectivity index is 1.41. The Bertz CT molecular complexity index is 1480. The van der Waals surface area contributed by atoms with Gasteiger partial charge in [-0.15, -0.1) is 10.2 Å². The molecular weight excluding hydrogens is 448 g/mol. The van der Waals surface area contributed by atoms with Crippen molar-refractivity contribution in [1.29, 1.82) is 0 Å². The molecule has 11 nitrogen and oxygen atoms in total. The summed E-state index contributed by atoms with van der Waals surface area (Å²) >= 11 is 0. The maximum absolute atomic E-state index is 12.4. The van der Waals surface area contributed by atoms with Gasteiger partial charge in [0.15, 0.2) is 5.82 Å². The fourth-order valence-corrected chi connectivity index (χ4v) is 3.92. The summed E-state index contributed by atoms with van der Waals surface area (Å²) in [5.74, 6) is 8.14. The van der Waals surface area contributed by atoms with Crippen LogP contribution in [0.5, 0.6) is 5.75 Å². The molecule has 11 heteroatoms. The second kappa shape index (κ2) is 8.47. The van der Waals surface area contributed by atoms with Crippen LogP contribution >= 0.6 is 0 Å². The lowest BCUT2D eigenvalue weighted by Gasteiger charge is -2.30. The van der Waals surface area contributed by atoms with Gasteiger partial charge in [0, 0.05) is 43.7 Å². The average Bonchev–Trinajstić information content (AvgIpc) is 3.53. The Kier molecular flexibility index (Phi) is 5.43. The zero-order valence-corrected chi connectivity index (χ0v) is 20.3. The SMILES string of the molecule is COc1cc(-c2cnn(C)c2)cn2ncc(C#Cc3nnc4n3CCN(C(=O)OC(C)(C)C)C4)c12. The molecule has 1 aliphatic heterocycles. The fourth-order valence-electron chi connectivity index (χ4n) is 3.92. The number of hydrogen-bond acceptors (Lipinski definition) is 7. The Morgan fingerprint density at radius 3 is 2.60 bits per heavy atom. The first-order valence-corrected chi connectivity index (χ1v) is 11.2. The number of nitrogens with zero attached hydrogens (tertiary/aromatic N) is 8. The second-order valence-electron chi connectivity index (χ2n) is 9.29. The highest BCUT2D eigenvalue weighted by Crippen LogP contribution is 2.29. The third-order valence-electron chi connectivity index (χ3n) is 5.55. The summed E-state index contributed by atoms with van der Waals surface area (Å²) in [7, 11) is 3.50. The van der Waals surface area contributed by atoms with Crippen LogP contribution in [-0.4, -0.2) is 64.4 Å². The van der Waals surface area contributed by atoms with Crippen molar-refractivity contribution in [2.24, 2.45) is 7.05 Å². The average molecular weight is 475 g/mol. The molecule has 1 amide bonds. The summed E-state index contributed by atoms with van der Waals surface area (Å²) in [6, 6.07) is 1.95. The number of fused-ring (bicyclic) bond motifs is 2. The van der Waals surface area contributed by atoms with Crippen molar-refractivity contribution in [3.05, 3.63) is 48.1 Å². The van der Waals surface area contributed by atoms with Crippen LogP contribution in [0.15, 0.2) is 30.9 Å². The fraction of sp³-hybridized carbons (Fsp3) is 0.375. The smallest absolute Gasteiger partial charge is 0.410 e. The van der Waals surface area contributed by atoms with E-state index < -0.39 is 5.60 Å². The molecule has 0 spiro atoms. The minimum absolute atomic E-state index is 0.325. The first kappa shape index (κ1) is 22.5. The van der Waals surface area contributed by atoms with Crippen LogP contribution in [-0.2, 0) is 24.9 Å². The molecule has 5 rings (SSSR count). The van der Waals surface area contributed by atoms with Gasteiger partial charge in [0.1, 0.15) is 16.9 Å². The summed E-state index contributed by atoms with van der Waals surface area (Å²) < 4.78 is 16.6. The van der Waals surface area contributed by atoms with Gasteiger partial charge < -0.3 is 14.0 Å². The number of aromatic nitrogens is 7. The Morgan fingerprint density at radius 1 is 1.06 bits per heavy atom.